The molecule has 2 rings (SSSR count). The lowest BCUT2D eigenvalue weighted by molar-refractivity contribution is 0.0947. The summed E-state index contributed by atoms with van der Waals surface area (Å²) in [5.74, 6) is -0.300. The summed E-state index contributed by atoms with van der Waals surface area (Å²) in [5, 5.41) is 6.61. The summed E-state index contributed by atoms with van der Waals surface area (Å²) in [6.07, 6.45) is 2.37. The molecule has 6 nitrogen and oxygen atoms in total. The van der Waals surface area contributed by atoms with Crippen molar-refractivity contribution in [1.82, 2.24) is 20.1 Å². The van der Waals surface area contributed by atoms with Gasteiger partial charge in [-0.3, -0.25) is 14.6 Å². The topological polar surface area (TPSA) is 76.9 Å². The Hall–Kier alpha value is -2.50. The van der Waals surface area contributed by atoms with Crippen LogP contribution in [-0.4, -0.2) is 27.2 Å². The van der Waals surface area contributed by atoms with E-state index in [0.717, 1.165) is 10.4 Å². The Kier molecular flexibility index (Phi) is 4.02. The first kappa shape index (κ1) is 12.9. The fraction of sp³-hybridized carbons (Fsp3) is 0.231. The second-order valence-electron chi connectivity index (χ2n) is 4.01. The number of carbonyl (C=O) groups excluding carboxylic acids is 1. The van der Waals surface area contributed by atoms with Gasteiger partial charge in [0.25, 0.3) is 11.5 Å². The molecule has 0 saturated carbocycles. The molecule has 1 N–H and O–H groups in total. The SMILES string of the molecule is Cn1nc(C(=O)NCCc2ccccn2)ccc1=O. The number of hydrogen-bond acceptors (Lipinski definition) is 4. The van der Waals surface area contributed by atoms with E-state index in [1.54, 1.807) is 6.20 Å². The Labute approximate surface area is 110 Å². The second kappa shape index (κ2) is 5.90. The minimum absolute atomic E-state index is 0.225. The lowest BCUT2D eigenvalue weighted by Crippen LogP contribution is -2.29. The van der Waals surface area contributed by atoms with Gasteiger partial charge in [0, 0.05) is 38.0 Å². The van der Waals surface area contributed by atoms with Gasteiger partial charge in [-0.2, -0.15) is 5.10 Å². The van der Waals surface area contributed by atoms with Gasteiger partial charge in [-0.25, -0.2) is 4.68 Å². The van der Waals surface area contributed by atoms with E-state index in [0.29, 0.717) is 13.0 Å². The summed E-state index contributed by atoms with van der Waals surface area (Å²) >= 11 is 0. The number of nitrogens with one attached hydrogen (secondary N) is 1. The molecule has 2 heterocycles. The van der Waals surface area contributed by atoms with Crippen molar-refractivity contribution in [2.45, 2.75) is 6.42 Å². The number of nitrogens with zero attached hydrogens (tertiary/aromatic N) is 3. The van der Waals surface area contributed by atoms with Crippen LogP contribution in [0.4, 0.5) is 0 Å². The monoisotopic (exact) mass is 258 g/mol. The molecular formula is C13H14N4O2. The van der Waals surface area contributed by atoms with Crippen molar-refractivity contribution in [3.63, 3.8) is 0 Å². The Morgan fingerprint density at radius 2 is 2.16 bits per heavy atom. The van der Waals surface area contributed by atoms with Crippen LogP contribution in [0.3, 0.4) is 0 Å². The summed E-state index contributed by atoms with van der Waals surface area (Å²) in [4.78, 5) is 27.1. The maximum Gasteiger partial charge on any atom is 0.271 e. The predicted molar refractivity (Wildman–Crippen MR) is 69.8 cm³/mol. The van der Waals surface area contributed by atoms with Gasteiger partial charge in [0.05, 0.1) is 0 Å². The highest BCUT2D eigenvalue weighted by atomic mass is 16.2. The molecule has 0 aliphatic heterocycles. The normalized spacial score (nSPS) is 10.2. The highest BCUT2D eigenvalue weighted by molar-refractivity contribution is 5.91. The molecule has 0 fully saturated rings. The first-order valence-corrected chi connectivity index (χ1v) is 5.89. The van der Waals surface area contributed by atoms with E-state index in [-0.39, 0.29) is 17.2 Å². The highest BCUT2D eigenvalue weighted by Crippen LogP contribution is 1.94. The standard InChI is InChI=1S/C13H14N4O2/c1-17-12(18)6-5-11(16-17)13(19)15-9-7-10-4-2-3-8-14-10/h2-6,8H,7,9H2,1H3,(H,15,19). The molecule has 0 radical (unpaired) electrons. The molecule has 0 saturated heterocycles. The lowest BCUT2D eigenvalue weighted by atomic mass is 10.2. The largest absolute Gasteiger partial charge is 0.350 e. The van der Waals surface area contributed by atoms with Crippen molar-refractivity contribution in [1.29, 1.82) is 0 Å². The Balaban J connectivity index is 1.91. The van der Waals surface area contributed by atoms with E-state index in [4.69, 9.17) is 0 Å². The van der Waals surface area contributed by atoms with Gasteiger partial charge in [0.15, 0.2) is 0 Å². The molecular weight excluding hydrogens is 244 g/mol. The number of rotatable bonds is 4. The number of aryl methyl sites for hydroxylation is 1. The van der Waals surface area contributed by atoms with Gasteiger partial charge < -0.3 is 5.32 Å². The average molecular weight is 258 g/mol. The molecule has 0 bridgehead atoms. The van der Waals surface area contributed by atoms with Crippen molar-refractivity contribution >= 4 is 5.91 Å². The van der Waals surface area contributed by atoms with Crippen LogP contribution in [0.5, 0.6) is 0 Å². The first-order chi connectivity index (χ1) is 9.16. The molecule has 0 atom stereocenters. The van der Waals surface area contributed by atoms with Crippen molar-refractivity contribution < 1.29 is 4.79 Å². The highest BCUT2D eigenvalue weighted by Gasteiger charge is 2.07. The first-order valence-electron chi connectivity index (χ1n) is 5.89. The van der Waals surface area contributed by atoms with E-state index in [1.165, 1.54) is 19.2 Å². The zero-order valence-corrected chi connectivity index (χ0v) is 10.5. The Morgan fingerprint density at radius 1 is 1.32 bits per heavy atom. The number of pyridine rings is 1. The number of amides is 1. The third kappa shape index (κ3) is 3.48. The van der Waals surface area contributed by atoms with Gasteiger partial charge in [0.2, 0.25) is 0 Å². The zero-order chi connectivity index (χ0) is 13.7. The Bertz CT molecular complexity index is 622. The third-order valence-electron chi connectivity index (χ3n) is 2.59. The molecule has 6 heteroatoms. The minimum Gasteiger partial charge on any atom is -0.350 e. The molecule has 19 heavy (non-hydrogen) atoms. The number of carbonyl (C=O) groups is 1. The fourth-order valence-corrected chi connectivity index (χ4v) is 1.56. The molecule has 0 aliphatic rings. The van der Waals surface area contributed by atoms with Crippen LogP contribution >= 0.6 is 0 Å². The van der Waals surface area contributed by atoms with Crippen LogP contribution in [0.25, 0.3) is 0 Å². The summed E-state index contributed by atoms with van der Waals surface area (Å²) in [5.41, 5.74) is 0.893. The summed E-state index contributed by atoms with van der Waals surface area (Å²) in [7, 11) is 1.51. The van der Waals surface area contributed by atoms with Gasteiger partial charge in [-0.15, -0.1) is 0 Å². The van der Waals surface area contributed by atoms with E-state index >= 15 is 0 Å². The average Bonchev–Trinajstić information content (AvgIpc) is 2.43. The molecule has 2 aromatic rings. The van der Waals surface area contributed by atoms with Gasteiger partial charge in [-0.1, -0.05) is 6.07 Å². The van der Waals surface area contributed by atoms with Gasteiger partial charge >= 0.3 is 0 Å². The number of aromatic nitrogens is 3. The van der Waals surface area contributed by atoms with E-state index in [1.807, 2.05) is 18.2 Å². The molecule has 0 unspecified atom stereocenters. The molecule has 2 aromatic heterocycles. The molecule has 98 valence electrons. The molecule has 1 amide bonds. The quantitative estimate of drug-likeness (QED) is 0.846. The predicted octanol–water partition coefficient (Wildman–Crippen LogP) is 0.148. The summed E-state index contributed by atoms with van der Waals surface area (Å²) in [6.45, 7) is 0.473. The summed E-state index contributed by atoms with van der Waals surface area (Å²) < 4.78 is 1.13. The lowest BCUT2D eigenvalue weighted by Gasteiger charge is -2.05. The van der Waals surface area contributed by atoms with Crippen molar-refractivity contribution in [2.24, 2.45) is 7.05 Å². The van der Waals surface area contributed by atoms with E-state index in [2.05, 4.69) is 15.4 Å². The smallest absolute Gasteiger partial charge is 0.271 e. The maximum atomic E-state index is 11.8. The van der Waals surface area contributed by atoms with Crippen molar-refractivity contribution in [3.8, 4) is 0 Å². The van der Waals surface area contributed by atoms with Crippen LogP contribution in [0.2, 0.25) is 0 Å². The fourth-order valence-electron chi connectivity index (χ4n) is 1.56. The van der Waals surface area contributed by atoms with Gasteiger partial charge in [-0.05, 0) is 18.2 Å². The van der Waals surface area contributed by atoms with Crippen LogP contribution in [-0.2, 0) is 13.5 Å². The third-order valence-corrected chi connectivity index (χ3v) is 2.59. The second-order valence-corrected chi connectivity index (χ2v) is 4.01. The van der Waals surface area contributed by atoms with E-state index in [9.17, 15) is 9.59 Å². The Morgan fingerprint density at radius 3 is 2.84 bits per heavy atom. The van der Waals surface area contributed by atoms with Crippen LogP contribution in [0.15, 0.2) is 41.3 Å². The molecule has 0 aliphatic carbocycles. The van der Waals surface area contributed by atoms with Crippen molar-refractivity contribution in [3.05, 3.63) is 58.3 Å². The van der Waals surface area contributed by atoms with Crippen LogP contribution in [0, 0.1) is 0 Å². The molecule has 0 aromatic carbocycles. The number of hydrogen-bond donors (Lipinski definition) is 1. The van der Waals surface area contributed by atoms with Crippen LogP contribution in [0.1, 0.15) is 16.2 Å². The zero-order valence-electron chi connectivity index (χ0n) is 10.5. The van der Waals surface area contributed by atoms with E-state index < -0.39 is 0 Å². The molecule has 0 spiro atoms. The minimum atomic E-state index is -0.300. The summed E-state index contributed by atoms with van der Waals surface area (Å²) in [6, 6.07) is 8.38. The maximum absolute atomic E-state index is 11.8. The van der Waals surface area contributed by atoms with Gasteiger partial charge in [0.1, 0.15) is 5.69 Å². The van der Waals surface area contributed by atoms with Crippen LogP contribution < -0.4 is 10.9 Å². The van der Waals surface area contributed by atoms with Crippen molar-refractivity contribution in [2.75, 3.05) is 6.54 Å².